The fraction of sp³-hybridized carbons (Fsp3) is 0.697. The van der Waals surface area contributed by atoms with Crippen LogP contribution in [0.4, 0.5) is 0 Å². The largest absolute Gasteiger partial charge is 0.486 e. The molecule has 4 unspecified atom stereocenters. The Labute approximate surface area is 246 Å². The molecule has 1 aliphatic heterocycles. The maximum absolute atomic E-state index is 13.7. The molecule has 0 spiro atoms. The number of amides is 2. The average Bonchev–Trinajstić information content (AvgIpc) is 3.36. The summed E-state index contributed by atoms with van der Waals surface area (Å²) in [5.74, 6) is -0.154. The number of aliphatic hydroxyl groups excluding tert-OH is 2. The molecule has 3 N–H and O–H groups in total. The third-order valence-corrected chi connectivity index (χ3v) is 8.05. The van der Waals surface area contributed by atoms with Crippen LogP contribution in [0, 0.1) is 0 Å². The zero-order chi connectivity index (χ0) is 29.6. The molecule has 41 heavy (non-hydrogen) atoms. The van der Waals surface area contributed by atoms with Crippen molar-refractivity contribution in [1.82, 2.24) is 10.2 Å². The van der Waals surface area contributed by atoms with Crippen LogP contribution in [0.3, 0.4) is 0 Å². The Morgan fingerprint density at radius 3 is 2.39 bits per heavy atom. The van der Waals surface area contributed by atoms with Crippen molar-refractivity contribution in [2.75, 3.05) is 26.3 Å². The van der Waals surface area contributed by atoms with Gasteiger partial charge in [-0.3, -0.25) is 9.59 Å². The summed E-state index contributed by atoms with van der Waals surface area (Å²) in [5, 5.41) is 23.7. The van der Waals surface area contributed by atoms with E-state index >= 15 is 0 Å². The van der Waals surface area contributed by atoms with Crippen molar-refractivity contribution in [1.29, 1.82) is 0 Å². The number of unbranched alkanes of at least 4 members (excludes halogenated alkanes) is 8. The van der Waals surface area contributed by atoms with E-state index < -0.39 is 24.2 Å². The summed E-state index contributed by atoms with van der Waals surface area (Å²) in [4.78, 5) is 28.7. The Morgan fingerprint density at radius 1 is 1.02 bits per heavy atom. The van der Waals surface area contributed by atoms with Gasteiger partial charge in [0.1, 0.15) is 18.0 Å². The van der Waals surface area contributed by atoms with Gasteiger partial charge in [0.15, 0.2) is 0 Å². The minimum absolute atomic E-state index is 0.0260. The van der Waals surface area contributed by atoms with Crippen LogP contribution in [-0.4, -0.2) is 77.6 Å². The predicted molar refractivity (Wildman–Crippen MR) is 161 cm³/mol. The summed E-state index contributed by atoms with van der Waals surface area (Å²) in [7, 11) is 0. The van der Waals surface area contributed by atoms with Gasteiger partial charge in [0.05, 0.1) is 24.7 Å². The molecule has 1 heterocycles. The van der Waals surface area contributed by atoms with E-state index in [0.29, 0.717) is 37.3 Å². The average molecular weight is 573 g/mol. The summed E-state index contributed by atoms with van der Waals surface area (Å²) in [6, 6.07) is 6.81. The summed E-state index contributed by atoms with van der Waals surface area (Å²) in [5.41, 5.74) is 1.31. The molecule has 2 aliphatic rings. The van der Waals surface area contributed by atoms with E-state index in [-0.39, 0.29) is 31.1 Å². The number of nitrogens with zero attached hydrogens (tertiary/aromatic N) is 1. The number of hydrogen-bond acceptors (Lipinski definition) is 6. The minimum atomic E-state index is -1.00. The van der Waals surface area contributed by atoms with E-state index in [0.717, 1.165) is 24.8 Å². The van der Waals surface area contributed by atoms with Gasteiger partial charge in [0.25, 0.3) is 0 Å². The van der Waals surface area contributed by atoms with E-state index in [2.05, 4.69) is 12.2 Å². The van der Waals surface area contributed by atoms with Crippen molar-refractivity contribution in [2.45, 2.75) is 122 Å². The molecule has 1 aromatic rings. The Hall–Kier alpha value is -2.42. The standard InChI is InChI=1S/C33H52N2O6/c1-4-5-6-7-8-9-10-11-12-18-29(37)35(20-15-22-40-24(2)3)27-23-26(33(39)34-19-21-36)30-25-16-13-14-17-28(25)41-32(30)31(27)38/h13-14,16-17,23-24,27,30-32,36,38H,4-12,15,18-22H2,1-3H3,(H,34,39). The topological polar surface area (TPSA) is 108 Å². The highest BCUT2D eigenvalue weighted by Crippen LogP contribution is 2.47. The summed E-state index contributed by atoms with van der Waals surface area (Å²) < 4.78 is 11.9. The molecular weight excluding hydrogens is 520 g/mol. The van der Waals surface area contributed by atoms with Gasteiger partial charge >= 0.3 is 0 Å². The van der Waals surface area contributed by atoms with E-state index in [9.17, 15) is 19.8 Å². The fourth-order valence-corrected chi connectivity index (χ4v) is 5.92. The van der Waals surface area contributed by atoms with Crippen molar-refractivity contribution in [3.8, 4) is 5.75 Å². The number of nitrogens with one attached hydrogen (secondary N) is 1. The first kappa shape index (κ1) is 33.1. The molecule has 0 radical (unpaired) electrons. The van der Waals surface area contributed by atoms with Gasteiger partial charge in [0, 0.05) is 37.3 Å². The van der Waals surface area contributed by atoms with Crippen molar-refractivity contribution in [3.63, 3.8) is 0 Å². The van der Waals surface area contributed by atoms with E-state index in [1.54, 1.807) is 11.0 Å². The Morgan fingerprint density at radius 2 is 1.71 bits per heavy atom. The van der Waals surface area contributed by atoms with Crippen LogP contribution in [0.15, 0.2) is 35.9 Å². The molecule has 1 aliphatic carbocycles. The molecule has 3 rings (SSSR count). The van der Waals surface area contributed by atoms with Crippen LogP contribution in [0.25, 0.3) is 0 Å². The van der Waals surface area contributed by atoms with Crippen LogP contribution in [0.2, 0.25) is 0 Å². The first-order chi connectivity index (χ1) is 19.9. The first-order valence-electron chi connectivity index (χ1n) is 15.8. The van der Waals surface area contributed by atoms with Crippen LogP contribution >= 0.6 is 0 Å². The van der Waals surface area contributed by atoms with Gasteiger partial charge in [-0.05, 0) is 38.8 Å². The molecule has 230 valence electrons. The molecule has 4 atom stereocenters. The zero-order valence-corrected chi connectivity index (χ0v) is 25.4. The molecule has 0 bridgehead atoms. The quantitative estimate of drug-likeness (QED) is 0.204. The van der Waals surface area contributed by atoms with Crippen molar-refractivity contribution in [2.24, 2.45) is 0 Å². The Balaban J connectivity index is 1.74. The Kier molecular flexibility index (Phi) is 14.1. The van der Waals surface area contributed by atoms with Crippen LogP contribution in [0.5, 0.6) is 5.75 Å². The minimum Gasteiger partial charge on any atom is -0.486 e. The maximum Gasteiger partial charge on any atom is 0.247 e. The monoisotopic (exact) mass is 572 g/mol. The van der Waals surface area contributed by atoms with Crippen molar-refractivity contribution < 1.29 is 29.3 Å². The number of carbonyl (C=O) groups excluding carboxylic acids is 2. The molecule has 0 saturated carbocycles. The summed E-state index contributed by atoms with van der Waals surface area (Å²) in [6.07, 6.45) is 11.7. The van der Waals surface area contributed by atoms with Gasteiger partial charge in [0.2, 0.25) is 11.8 Å². The molecule has 0 fully saturated rings. The number of fused-ring (bicyclic) bond motifs is 3. The molecule has 2 amide bonds. The van der Waals surface area contributed by atoms with E-state index in [4.69, 9.17) is 9.47 Å². The van der Waals surface area contributed by atoms with Crippen LogP contribution in [-0.2, 0) is 14.3 Å². The summed E-state index contributed by atoms with van der Waals surface area (Å²) in [6.45, 7) is 7.05. The fourth-order valence-electron chi connectivity index (χ4n) is 5.92. The molecule has 8 heteroatoms. The first-order valence-corrected chi connectivity index (χ1v) is 15.8. The van der Waals surface area contributed by atoms with Gasteiger partial charge < -0.3 is 29.9 Å². The molecule has 0 aromatic heterocycles. The second-order valence-corrected chi connectivity index (χ2v) is 11.6. The van der Waals surface area contributed by atoms with Crippen LogP contribution < -0.4 is 10.1 Å². The molecule has 8 nitrogen and oxygen atoms in total. The highest BCUT2D eigenvalue weighted by Gasteiger charge is 2.50. The smallest absolute Gasteiger partial charge is 0.247 e. The number of benzene rings is 1. The second kappa shape index (κ2) is 17.5. The third kappa shape index (κ3) is 9.55. The lowest BCUT2D eigenvalue weighted by Gasteiger charge is -2.41. The lowest BCUT2D eigenvalue weighted by Crippen LogP contribution is -2.56. The lowest BCUT2D eigenvalue weighted by molar-refractivity contribution is -0.137. The number of rotatable bonds is 19. The highest BCUT2D eigenvalue weighted by atomic mass is 16.5. The van der Waals surface area contributed by atoms with Crippen molar-refractivity contribution >= 4 is 11.8 Å². The molecule has 0 saturated heterocycles. The highest BCUT2D eigenvalue weighted by molar-refractivity contribution is 5.96. The van der Waals surface area contributed by atoms with E-state index in [1.165, 1.54) is 38.5 Å². The zero-order valence-electron chi connectivity index (χ0n) is 25.4. The number of aliphatic hydroxyl groups is 2. The second-order valence-electron chi connectivity index (χ2n) is 11.6. The van der Waals surface area contributed by atoms with Crippen LogP contribution in [0.1, 0.15) is 103 Å². The van der Waals surface area contributed by atoms with Gasteiger partial charge in [-0.25, -0.2) is 0 Å². The predicted octanol–water partition coefficient (Wildman–Crippen LogP) is 4.87. The molecule has 1 aromatic carbocycles. The van der Waals surface area contributed by atoms with E-state index in [1.807, 2.05) is 38.1 Å². The third-order valence-electron chi connectivity index (χ3n) is 8.05. The van der Waals surface area contributed by atoms with Crippen molar-refractivity contribution in [3.05, 3.63) is 41.5 Å². The van der Waals surface area contributed by atoms with Gasteiger partial charge in [-0.2, -0.15) is 0 Å². The van der Waals surface area contributed by atoms with Gasteiger partial charge in [-0.15, -0.1) is 0 Å². The summed E-state index contributed by atoms with van der Waals surface area (Å²) >= 11 is 0. The SMILES string of the molecule is CCCCCCCCCCCC(=O)N(CCCOC(C)C)C1C=C(C(=O)NCCO)C2c3ccccc3OC2C1O. The normalized spacial score (nSPS) is 21.2. The number of ether oxygens (including phenoxy) is 2. The molecular formula is C33H52N2O6. The van der Waals surface area contributed by atoms with Gasteiger partial charge in [-0.1, -0.05) is 76.5 Å². The number of hydrogen-bond donors (Lipinski definition) is 3. The maximum atomic E-state index is 13.7. The number of para-hydroxylation sites is 1. The number of carbonyl (C=O) groups is 2. The lowest BCUT2D eigenvalue weighted by atomic mass is 9.77. The Bertz CT molecular complexity index is 980.